The number of para-hydroxylation sites is 1. The first-order valence-corrected chi connectivity index (χ1v) is 9.84. The van der Waals surface area contributed by atoms with Crippen LogP contribution in [-0.2, 0) is 6.61 Å². The largest absolute Gasteiger partial charge is 0.488 e. The number of hydrogen-bond donors (Lipinski definition) is 1. The van der Waals surface area contributed by atoms with E-state index in [0.29, 0.717) is 36.3 Å². The predicted octanol–water partition coefficient (Wildman–Crippen LogP) is 4.24. The molecule has 0 aliphatic carbocycles. The lowest BCUT2D eigenvalue weighted by atomic mass is 10.1. The van der Waals surface area contributed by atoms with Crippen LogP contribution in [0, 0.1) is 0 Å². The molecule has 2 amide bonds. The van der Waals surface area contributed by atoms with E-state index in [1.807, 2.05) is 48.5 Å². The Balaban J connectivity index is 1.25. The van der Waals surface area contributed by atoms with Gasteiger partial charge in [0, 0.05) is 36.9 Å². The zero-order chi connectivity index (χ0) is 19.8. The molecule has 2 aromatic carbocycles. The van der Waals surface area contributed by atoms with Crippen molar-refractivity contribution in [3.63, 3.8) is 0 Å². The first-order chi connectivity index (χ1) is 14.2. The molecule has 3 aromatic rings. The van der Waals surface area contributed by atoms with E-state index in [1.165, 1.54) is 0 Å². The lowest BCUT2D eigenvalue weighted by Gasteiger charge is -2.36. The van der Waals surface area contributed by atoms with Crippen LogP contribution < -0.4 is 15.0 Å². The van der Waals surface area contributed by atoms with Crippen LogP contribution >= 0.6 is 11.6 Å². The average molecular weight is 411 g/mol. The Labute approximate surface area is 172 Å². The van der Waals surface area contributed by atoms with E-state index < -0.39 is 0 Å². The van der Waals surface area contributed by atoms with Crippen molar-refractivity contribution >= 4 is 29.1 Å². The monoisotopic (exact) mass is 410 g/mol. The summed E-state index contributed by atoms with van der Waals surface area (Å²) in [4.78, 5) is 16.7. The maximum absolute atomic E-state index is 12.7. The summed E-state index contributed by atoms with van der Waals surface area (Å²) in [5, 5.41) is 7.65. The molecule has 0 atom stereocenters. The molecule has 3 heterocycles. The minimum Gasteiger partial charge on any atom is -0.488 e. The Hall–Kier alpha value is -3.19. The Bertz CT molecular complexity index is 1060. The van der Waals surface area contributed by atoms with Crippen molar-refractivity contribution < 1.29 is 14.1 Å². The molecule has 0 bridgehead atoms. The van der Waals surface area contributed by atoms with E-state index in [1.54, 1.807) is 4.90 Å². The molecule has 7 nitrogen and oxygen atoms in total. The van der Waals surface area contributed by atoms with Crippen LogP contribution in [-0.4, -0.2) is 42.3 Å². The van der Waals surface area contributed by atoms with Gasteiger partial charge in [-0.15, -0.1) is 0 Å². The molecule has 5 rings (SSSR count). The molecule has 2 aliphatic heterocycles. The average Bonchev–Trinajstić information content (AvgIpc) is 3.17. The van der Waals surface area contributed by atoms with Crippen LogP contribution in [0.2, 0.25) is 5.02 Å². The first-order valence-electron chi connectivity index (χ1n) is 9.46. The number of benzene rings is 2. The standard InChI is InChI=1S/C21H19ClN4O3/c22-14-4-3-5-15(12-14)25-8-10-26(11-9-25)21(27)23-20-17-13-28-18-7-2-1-6-16(18)19(17)29-24-20/h1-7,12H,8-11,13H2,(H,23,24,27). The van der Waals surface area contributed by atoms with Gasteiger partial charge < -0.3 is 19.1 Å². The fraction of sp³-hybridized carbons (Fsp3) is 0.238. The molecular weight excluding hydrogens is 392 g/mol. The van der Waals surface area contributed by atoms with E-state index in [-0.39, 0.29) is 6.03 Å². The van der Waals surface area contributed by atoms with Crippen molar-refractivity contribution in [2.75, 3.05) is 36.4 Å². The van der Waals surface area contributed by atoms with E-state index in [4.69, 9.17) is 20.9 Å². The van der Waals surface area contributed by atoms with Crippen molar-refractivity contribution in [2.24, 2.45) is 0 Å². The molecule has 0 saturated carbocycles. The Morgan fingerprint density at radius 2 is 1.90 bits per heavy atom. The second-order valence-corrected chi connectivity index (χ2v) is 7.44. The summed E-state index contributed by atoms with van der Waals surface area (Å²) >= 11 is 6.09. The molecule has 29 heavy (non-hydrogen) atoms. The molecule has 0 radical (unpaired) electrons. The Kier molecular flexibility index (Phi) is 4.52. The summed E-state index contributed by atoms with van der Waals surface area (Å²) in [5.74, 6) is 1.82. The van der Waals surface area contributed by atoms with Gasteiger partial charge in [-0.05, 0) is 30.3 Å². The van der Waals surface area contributed by atoms with Crippen LogP contribution in [0.25, 0.3) is 11.3 Å². The number of ether oxygens (including phenoxy) is 1. The van der Waals surface area contributed by atoms with Gasteiger partial charge in [0.1, 0.15) is 12.4 Å². The van der Waals surface area contributed by atoms with Crippen LogP contribution in [0.1, 0.15) is 5.56 Å². The van der Waals surface area contributed by atoms with Crippen LogP contribution in [0.5, 0.6) is 5.75 Å². The highest BCUT2D eigenvalue weighted by Gasteiger charge is 2.28. The van der Waals surface area contributed by atoms with Crippen molar-refractivity contribution in [1.29, 1.82) is 0 Å². The number of amides is 2. The number of anilines is 2. The van der Waals surface area contributed by atoms with E-state index in [0.717, 1.165) is 35.7 Å². The van der Waals surface area contributed by atoms with Gasteiger partial charge in [-0.3, -0.25) is 5.32 Å². The van der Waals surface area contributed by atoms with Crippen molar-refractivity contribution in [3.8, 4) is 17.1 Å². The molecular formula is C21H19ClN4O3. The Morgan fingerprint density at radius 3 is 2.72 bits per heavy atom. The Morgan fingerprint density at radius 1 is 1.07 bits per heavy atom. The molecule has 1 saturated heterocycles. The third-order valence-corrected chi connectivity index (χ3v) is 5.49. The number of carbonyl (C=O) groups excluding carboxylic acids is 1. The summed E-state index contributed by atoms with van der Waals surface area (Å²) < 4.78 is 11.3. The summed E-state index contributed by atoms with van der Waals surface area (Å²) in [5.41, 5.74) is 2.67. The maximum Gasteiger partial charge on any atom is 0.323 e. The zero-order valence-electron chi connectivity index (χ0n) is 15.6. The second kappa shape index (κ2) is 7.33. The highest BCUT2D eigenvalue weighted by Crippen LogP contribution is 2.40. The number of halogens is 1. The highest BCUT2D eigenvalue weighted by molar-refractivity contribution is 6.30. The minimum absolute atomic E-state index is 0.189. The number of rotatable bonds is 2. The molecule has 0 spiro atoms. The van der Waals surface area contributed by atoms with E-state index in [9.17, 15) is 4.79 Å². The van der Waals surface area contributed by atoms with Gasteiger partial charge in [-0.1, -0.05) is 35.0 Å². The van der Waals surface area contributed by atoms with Crippen molar-refractivity contribution in [3.05, 3.63) is 59.1 Å². The van der Waals surface area contributed by atoms with Gasteiger partial charge in [-0.25, -0.2) is 4.79 Å². The van der Waals surface area contributed by atoms with E-state index in [2.05, 4.69) is 15.4 Å². The predicted molar refractivity (Wildman–Crippen MR) is 111 cm³/mol. The number of hydrogen-bond acceptors (Lipinski definition) is 5. The SMILES string of the molecule is O=C(Nc1noc2c1COc1ccccc1-2)N1CCN(c2cccc(Cl)c2)CC1. The van der Waals surface area contributed by atoms with Gasteiger partial charge >= 0.3 is 6.03 Å². The minimum atomic E-state index is -0.189. The molecule has 0 unspecified atom stereocenters. The normalized spacial score (nSPS) is 15.3. The van der Waals surface area contributed by atoms with Gasteiger partial charge in [0.2, 0.25) is 0 Å². The quantitative estimate of drug-likeness (QED) is 0.684. The summed E-state index contributed by atoms with van der Waals surface area (Å²) in [6.45, 7) is 3.01. The molecule has 2 aliphatic rings. The fourth-order valence-electron chi connectivity index (χ4n) is 3.70. The van der Waals surface area contributed by atoms with Gasteiger partial charge in [0.15, 0.2) is 11.6 Å². The fourth-order valence-corrected chi connectivity index (χ4v) is 3.89. The van der Waals surface area contributed by atoms with Crippen molar-refractivity contribution in [1.82, 2.24) is 10.1 Å². The summed E-state index contributed by atoms with van der Waals surface area (Å²) in [6.07, 6.45) is 0. The topological polar surface area (TPSA) is 70.8 Å². The number of nitrogens with zero attached hydrogens (tertiary/aromatic N) is 3. The summed E-state index contributed by atoms with van der Waals surface area (Å²) in [6, 6.07) is 15.2. The summed E-state index contributed by atoms with van der Waals surface area (Å²) in [7, 11) is 0. The third-order valence-electron chi connectivity index (χ3n) is 5.26. The highest BCUT2D eigenvalue weighted by atomic mass is 35.5. The molecule has 148 valence electrons. The van der Waals surface area contributed by atoms with Gasteiger partial charge in [0.05, 0.1) is 11.1 Å². The van der Waals surface area contributed by atoms with Gasteiger partial charge in [-0.2, -0.15) is 0 Å². The van der Waals surface area contributed by atoms with Crippen LogP contribution in [0.4, 0.5) is 16.3 Å². The number of urea groups is 1. The smallest absolute Gasteiger partial charge is 0.323 e. The lowest BCUT2D eigenvalue weighted by molar-refractivity contribution is 0.208. The van der Waals surface area contributed by atoms with Crippen molar-refractivity contribution in [2.45, 2.75) is 6.61 Å². The lowest BCUT2D eigenvalue weighted by Crippen LogP contribution is -2.50. The van der Waals surface area contributed by atoms with Crippen LogP contribution in [0.15, 0.2) is 53.1 Å². The number of aromatic nitrogens is 1. The van der Waals surface area contributed by atoms with E-state index >= 15 is 0 Å². The number of nitrogens with one attached hydrogen (secondary N) is 1. The number of carbonyl (C=O) groups is 1. The maximum atomic E-state index is 12.7. The molecule has 1 aromatic heterocycles. The molecule has 1 fully saturated rings. The zero-order valence-corrected chi connectivity index (χ0v) is 16.4. The first kappa shape index (κ1) is 17.9. The second-order valence-electron chi connectivity index (χ2n) is 7.01. The third kappa shape index (κ3) is 3.38. The van der Waals surface area contributed by atoms with Crippen LogP contribution in [0.3, 0.4) is 0 Å². The molecule has 1 N–H and O–H groups in total. The number of fused-ring (bicyclic) bond motifs is 3. The number of piperazine rings is 1. The molecule has 8 heteroatoms. The van der Waals surface area contributed by atoms with Gasteiger partial charge in [0.25, 0.3) is 0 Å².